The van der Waals surface area contributed by atoms with Crippen molar-refractivity contribution in [3.63, 3.8) is 0 Å². The van der Waals surface area contributed by atoms with Crippen LogP contribution in [0.1, 0.15) is 19.8 Å². The standard InChI is InChI=1S/C22H27N3O3/c1-4-12(2)20(25-14-5-6-14)15-7-8-16(13(15)3)22(11-23)21(27)19(17-9-24-17)18(10-26)28-22/h4,7-8,14,17-19,21,24-27H,1,3,5-6,9-10H2,2H3/b20-12+/t17?,18-,19-,21-,22+/m1/s1. The number of hydrogen-bond donors (Lipinski definition) is 4. The van der Waals surface area contributed by atoms with Gasteiger partial charge in [-0.1, -0.05) is 31.4 Å². The van der Waals surface area contributed by atoms with Gasteiger partial charge >= 0.3 is 0 Å². The average Bonchev–Trinajstić information content (AvgIpc) is 3.63. The first-order valence-corrected chi connectivity index (χ1v) is 9.80. The Morgan fingerprint density at radius 2 is 2.21 bits per heavy atom. The highest BCUT2D eigenvalue weighted by atomic mass is 16.5. The Labute approximate surface area is 165 Å². The van der Waals surface area contributed by atoms with Crippen molar-refractivity contribution in [2.45, 2.75) is 49.7 Å². The minimum absolute atomic E-state index is 0.0556. The third kappa shape index (κ3) is 2.96. The molecule has 5 atom stereocenters. The highest BCUT2D eigenvalue weighted by Crippen LogP contribution is 2.48. The SMILES string of the molecule is C=C/C(C)=C(/NC1CC1)C1=CC=C([C@]2(C#N)O[C@H](CO)[C@@H](C3CN3)[C@H]2O)C1=C. The van der Waals surface area contributed by atoms with E-state index in [0.717, 1.165) is 36.2 Å². The summed E-state index contributed by atoms with van der Waals surface area (Å²) in [6.45, 7) is 10.6. The van der Waals surface area contributed by atoms with Crippen LogP contribution in [0.2, 0.25) is 0 Å². The van der Waals surface area contributed by atoms with Crippen LogP contribution in [0.3, 0.4) is 0 Å². The maximum Gasteiger partial charge on any atom is 0.206 e. The summed E-state index contributed by atoms with van der Waals surface area (Å²) < 4.78 is 6.02. The van der Waals surface area contributed by atoms with Crippen LogP contribution in [0.5, 0.6) is 0 Å². The summed E-state index contributed by atoms with van der Waals surface area (Å²) in [5, 5.41) is 37.6. The van der Waals surface area contributed by atoms with Crippen molar-refractivity contribution in [3.8, 4) is 6.07 Å². The van der Waals surface area contributed by atoms with Gasteiger partial charge in [0, 0.05) is 41.4 Å². The summed E-state index contributed by atoms with van der Waals surface area (Å²) in [6, 6.07) is 2.71. The van der Waals surface area contributed by atoms with E-state index in [4.69, 9.17) is 4.74 Å². The Morgan fingerprint density at radius 3 is 2.75 bits per heavy atom. The zero-order valence-electron chi connectivity index (χ0n) is 16.1. The number of rotatable bonds is 7. The van der Waals surface area contributed by atoms with E-state index in [2.05, 4.69) is 29.9 Å². The molecule has 2 aliphatic heterocycles. The summed E-state index contributed by atoms with van der Waals surface area (Å²) in [5.74, 6) is -0.336. The van der Waals surface area contributed by atoms with Crippen LogP contribution in [0.4, 0.5) is 0 Å². The summed E-state index contributed by atoms with van der Waals surface area (Å²) in [6.07, 6.45) is 6.15. The molecule has 0 aromatic heterocycles. The van der Waals surface area contributed by atoms with E-state index in [1.165, 1.54) is 0 Å². The number of nitriles is 1. The van der Waals surface area contributed by atoms with E-state index in [0.29, 0.717) is 17.2 Å². The van der Waals surface area contributed by atoms with Gasteiger partial charge in [0.1, 0.15) is 12.2 Å². The predicted octanol–water partition coefficient (Wildman–Crippen LogP) is 1.22. The highest BCUT2D eigenvalue weighted by molar-refractivity contribution is 5.67. The molecule has 4 N–H and O–H groups in total. The molecule has 0 radical (unpaired) electrons. The molecule has 6 nitrogen and oxygen atoms in total. The molecule has 0 aromatic rings. The van der Waals surface area contributed by atoms with E-state index in [1.807, 2.05) is 19.1 Å². The lowest BCUT2D eigenvalue weighted by molar-refractivity contribution is -0.0326. The van der Waals surface area contributed by atoms with Crippen molar-refractivity contribution in [1.82, 2.24) is 10.6 Å². The molecule has 0 amide bonds. The van der Waals surface area contributed by atoms with Crippen LogP contribution in [-0.4, -0.2) is 53.3 Å². The molecule has 1 saturated carbocycles. The maximum absolute atomic E-state index is 11.1. The largest absolute Gasteiger partial charge is 0.394 e. The monoisotopic (exact) mass is 381 g/mol. The number of aliphatic hydroxyl groups is 2. The number of nitrogens with one attached hydrogen (secondary N) is 2. The topological polar surface area (TPSA) is 107 Å². The van der Waals surface area contributed by atoms with Gasteiger partial charge in [-0.2, -0.15) is 5.26 Å². The maximum atomic E-state index is 11.1. The van der Waals surface area contributed by atoms with Crippen LogP contribution in [0.15, 0.2) is 59.4 Å². The quantitative estimate of drug-likeness (QED) is 0.390. The fraction of sp³-hybridized carbons (Fsp3) is 0.500. The zero-order valence-corrected chi connectivity index (χ0v) is 16.1. The fourth-order valence-corrected chi connectivity index (χ4v) is 4.25. The number of nitrogens with zero attached hydrogens (tertiary/aromatic N) is 1. The van der Waals surface area contributed by atoms with Gasteiger partial charge in [0.15, 0.2) is 0 Å². The Balaban J connectivity index is 1.64. The first-order chi connectivity index (χ1) is 13.5. The van der Waals surface area contributed by atoms with Crippen molar-refractivity contribution in [2.75, 3.05) is 13.2 Å². The van der Waals surface area contributed by atoms with Crippen LogP contribution in [0.25, 0.3) is 0 Å². The normalized spacial score (nSPS) is 37.7. The minimum atomic E-state index is -1.54. The summed E-state index contributed by atoms with van der Waals surface area (Å²) in [5.41, 5.74) is 2.52. The van der Waals surface area contributed by atoms with Crippen LogP contribution in [0, 0.1) is 17.2 Å². The number of ether oxygens (including phenoxy) is 1. The Bertz CT molecular complexity index is 842. The lowest BCUT2D eigenvalue weighted by Crippen LogP contribution is -2.43. The molecule has 1 unspecified atom stereocenters. The van der Waals surface area contributed by atoms with Crippen molar-refractivity contribution >= 4 is 0 Å². The molecule has 4 rings (SSSR count). The van der Waals surface area contributed by atoms with Crippen LogP contribution >= 0.6 is 0 Å². The van der Waals surface area contributed by atoms with Gasteiger partial charge in [0.05, 0.1) is 12.7 Å². The molecule has 2 aliphatic carbocycles. The molecule has 0 aromatic carbocycles. The van der Waals surface area contributed by atoms with Crippen molar-refractivity contribution < 1.29 is 14.9 Å². The summed E-state index contributed by atoms with van der Waals surface area (Å²) in [7, 11) is 0. The fourth-order valence-electron chi connectivity index (χ4n) is 4.25. The van der Waals surface area contributed by atoms with Gasteiger partial charge in [-0.25, -0.2) is 0 Å². The second kappa shape index (κ2) is 7.02. The summed E-state index contributed by atoms with van der Waals surface area (Å²) in [4.78, 5) is 0. The molecule has 2 saturated heterocycles. The van der Waals surface area contributed by atoms with E-state index >= 15 is 0 Å². The van der Waals surface area contributed by atoms with Gasteiger partial charge < -0.3 is 25.6 Å². The van der Waals surface area contributed by atoms with Gasteiger partial charge in [-0.15, -0.1) is 0 Å². The number of hydrogen-bond acceptors (Lipinski definition) is 6. The summed E-state index contributed by atoms with van der Waals surface area (Å²) >= 11 is 0. The highest BCUT2D eigenvalue weighted by Gasteiger charge is 2.61. The van der Waals surface area contributed by atoms with E-state index < -0.39 is 17.8 Å². The van der Waals surface area contributed by atoms with Gasteiger partial charge in [0.2, 0.25) is 5.60 Å². The van der Waals surface area contributed by atoms with E-state index in [1.54, 1.807) is 6.08 Å². The average molecular weight is 381 g/mol. The number of aliphatic hydroxyl groups excluding tert-OH is 2. The molecule has 0 spiro atoms. The Hall–Kier alpha value is -2.17. The lowest BCUT2D eigenvalue weighted by Gasteiger charge is -2.29. The predicted molar refractivity (Wildman–Crippen MR) is 106 cm³/mol. The van der Waals surface area contributed by atoms with E-state index in [9.17, 15) is 15.5 Å². The minimum Gasteiger partial charge on any atom is -0.394 e. The second-order valence-corrected chi connectivity index (χ2v) is 8.04. The lowest BCUT2D eigenvalue weighted by atomic mass is 9.79. The van der Waals surface area contributed by atoms with Crippen molar-refractivity contribution in [1.29, 1.82) is 5.26 Å². The number of allylic oxidation sites excluding steroid dienone is 5. The smallest absolute Gasteiger partial charge is 0.206 e. The van der Waals surface area contributed by atoms with Gasteiger partial charge in [-0.3, -0.25) is 0 Å². The van der Waals surface area contributed by atoms with E-state index in [-0.39, 0.29) is 18.6 Å². The molecule has 0 bridgehead atoms. The molecule has 28 heavy (non-hydrogen) atoms. The van der Waals surface area contributed by atoms with Crippen LogP contribution < -0.4 is 10.6 Å². The Morgan fingerprint density at radius 1 is 1.50 bits per heavy atom. The van der Waals surface area contributed by atoms with Gasteiger partial charge in [-0.05, 0) is 30.9 Å². The third-order valence-corrected chi connectivity index (χ3v) is 6.16. The van der Waals surface area contributed by atoms with Crippen molar-refractivity contribution in [2.24, 2.45) is 5.92 Å². The molecule has 6 heteroatoms. The first-order valence-electron chi connectivity index (χ1n) is 9.80. The molecule has 3 fully saturated rings. The molecular formula is C22H27N3O3. The molecular weight excluding hydrogens is 354 g/mol. The molecule has 2 heterocycles. The molecule has 4 aliphatic rings. The Kier molecular flexibility index (Phi) is 4.80. The second-order valence-electron chi connectivity index (χ2n) is 8.04. The van der Waals surface area contributed by atoms with Crippen LogP contribution in [-0.2, 0) is 4.74 Å². The first kappa shape index (κ1) is 19.2. The van der Waals surface area contributed by atoms with Crippen molar-refractivity contribution in [3.05, 3.63) is 59.4 Å². The third-order valence-electron chi connectivity index (χ3n) is 6.16. The molecule has 148 valence electrons. The van der Waals surface area contributed by atoms with Gasteiger partial charge in [0.25, 0.3) is 0 Å². The zero-order chi connectivity index (χ0) is 20.1.